The molecule has 0 saturated carbocycles. The molecule has 7 nitrogen and oxygen atoms in total. The van der Waals surface area contributed by atoms with Crippen molar-refractivity contribution in [1.82, 2.24) is 9.97 Å². The molecule has 0 spiro atoms. The summed E-state index contributed by atoms with van der Waals surface area (Å²) in [6.07, 6.45) is -3.14. The van der Waals surface area contributed by atoms with E-state index in [1.165, 1.54) is 18.5 Å². The van der Waals surface area contributed by atoms with Gasteiger partial charge in [0.25, 0.3) is 0 Å². The van der Waals surface area contributed by atoms with Crippen LogP contribution in [-0.2, 0) is 6.18 Å². The van der Waals surface area contributed by atoms with Crippen molar-refractivity contribution in [3.8, 4) is 11.6 Å². The van der Waals surface area contributed by atoms with Crippen LogP contribution in [0.4, 0.5) is 35.2 Å². The predicted octanol–water partition coefficient (Wildman–Crippen LogP) is 5.74. The van der Waals surface area contributed by atoms with E-state index in [-0.39, 0.29) is 5.69 Å². The first-order valence-electron chi connectivity index (χ1n) is 8.47. The van der Waals surface area contributed by atoms with Crippen molar-refractivity contribution >= 4 is 39.2 Å². The molecule has 30 heavy (non-hydrogen) atoms. The van der Waals surface area contributed by atoms with Crippen LogP contribution < -0.4 is 20.7 Å². The molecule has 0 aliphatic heterocycles. The first-order valence-corrected chi connectivity index (χ1v) is 9.26. The molecule has 3 rings (SSSR count). The number of urea groups is 1. The first-order chi connectivity index (χ1) is 14.2. The quantitative estimate of drug-likeness (QED) is 0.432. The first kappa shape index (κ1) is 21.4. The number of carbonyl (C=O) groups is 1. The van der Waals surface area contributed by atoms with Gasteiger partial charge in [0.05, 0.1) is 10.0 Å². The Hall–Kier alpha value is -3.34. The highest BCUT2D eigenvalue weighted by molar-refractivity contribution is 9.10. The van der Waals surface area contributed by atoms with Crippen LogP contribution >= 0.6 is 15.9 Å². The van der Waals surface area contributed by atoms with Gasteiger partial charge in [0.1, 0.15) is 17.9 Å². The monoisotopic (exact) mass is 481 g/mol. The normalized spacial score (nSPS) is 11.0. The molecule has 0 aliphatic carbocycles. The van der Waals surface area contributed by atoms with Gasteiger partial charge in [-0.15, -0.1) is 0 Å². The molecule has 0 unspecified atom stereocenters. The van der Waals surface area contributed by atoms with E-state index in [1.807, 2.05) is 0 Å². The van der Waals surface area contributed by atoms with Gasteiger partial charge in [-0.05, 0) is 52.3 Å². The summed E-state index contributed by atoms with van der Waals surface area (Å²) in [6, 6.07) is 10.0. The Labute approximate surface area is 177 Å². The van der Waals surface area contributed by atoms with Gasteiger partial charge in [-0.1, -0.05) is 6.07 Å². The van der Waals surface area contributed by atoms with Crippen LogP contribution in [0, 0.1) is 0 Å². The maximum atomic E-state index is 12.8. The third kappa shape index (κ3) is 5.60. The van der Waals surface area contributed by atoms with Gasteiger partial charge in [-0.25, -0.2) is 14.8 Å². The number of amides is 2. The second-order valence-electron chi connectivity index (χ2n) is 5.90. The van der Waals surface area contributed by atoms with Crippen LogP contribution in [0.3, 0.4) is 0 Å². The van der Waals surface area contributed by atoms with E-state index in [9.17, 15) is 18.0 Å². The molecule has 0 radical (unpaired) electrons. The number of rotatable bonds is 5. The number of benzene rings is 2. The van der Waals surface area contributed by atoms with Crippen LogP contribution in [0.2, 0.25) is 0 Å². The number of alkyl halides is 3. The van der Waals surface area contributed by atoms with E-state index < -0.39 is 17.8 Å². The third-order valence-electron chi connectivity index (χ3n) is 3.75. The molecule has 3 aromatic rings. The maximum Gasteiger partial charge on any atom is 0.416 e. The molecular formula is C19H15BrF3N5O2. The lowest BCUT2D eigenvalue weighted by molar-refractivity contribution is -0.137. The zero-order valence-electron chi connectivity index (χ0n) is 15.4. The van der Waals surface area contributed by atoms with Crippen molar-refractivity contribution in [2.24, 2.45) is 0 Å². The average molecular weight is 482 g/mol. The summed E-state index contributed by atoms with van der Waals surface area (Å²) in [5.74, 6) is 1.35. The molecule has 0 bridgehead atoms. The molecule has 156 valence electrons. The Balaban J connectivity index is 1.66. The van der Waals surface area contributed by atoms with Crippen LogP contribution in [0.15, 0.2) is 59.3 Å². The molecule has 2 aromatic carbocycles. The number of ether oxygens (including phenoxy) is 1. The van der Waals surface area contributed by atoms with Crippen molar-refractivity contribution in [3.05, 3.63) is 64.9 Å². The fraction of sp³-hybridized carbons (Fsp3) is 0.105. The van der Waals surface area contributed by atoms with Gasteiger partial charge in [-0.2, -0.15) is 13.2 Å². The van der Waals surface area contributed by atoms with E-state index in [0.29, 0.717) is 27.6 Å². The van der Waals surface area contributed by atoms with Gasteiger partial charge in [0, 0.05) is 24.5 Å². The van der Waals surface area contributed by atoms with Gasteiger partial charge in [0.15, 0.2) is 0 Å². The molecule has 0 aliphatic rings. The number of carbonyl (C=O) groups excluding carboxylic acids is 1. The summed E-state index contributed by atoms with van der Waals surface area (Å²) in [5, 5.41) is 7.79. The van der Waals surface area contributed by atoms with Crippen molar-refractivity contribution in [2.45, 2.75) is 6.18 Å². The number of nitrogens with zero attached hydrogens (tertiary/aromatic N) is 2. The molecule has 2 amide bonds. The average Bonchev–Trinajstić information content (AvgIpc) is 2.70. The van der Waals surface area contributed by atoms with Gasteiger partial charge >= 0.3 is 12.2 Å². The minimum atomic E-state index is -4.49. The number of hydrogen-bond acceptors (Lipinski definition) is 5. The van der Waals surface area contributed by atoms with Crippen molar-refractivity contribution in [2.75, 3.05) is 23.0 Å². The minimum Gasteiger partial charge on any atom is -0.438 e. The molecule has 0 fully saturated rings. The molecular weight excluding hydrogens is 467 g/mol. The topological polar surface area (TPSA) is 88.2 Å². The van der Waals surface area contributed by atoms with Crippen molar-refractivity contribution in [1.29, 1.82) is 0 Å². The fourth-order valence-electron chi connectivity index (χ4n) is 2.37. The Morgan fingerprint density at radius 3 is 2.43 bits per heavy atom. The van der Waals surface area contributed by atoms with Crippen LogP contribution in [0.5, 0.6) is 11.6 Å². The number of anilines is 3. The van der Waals surface area contributed by atoms with E-state index >= 15 is 0 Å². The summed E-state index contributed by atoms with van der Waals surface area (Å²) in [6.45, 7) is 0. The Bertz CT molecular complexity index is 1060. The second-order valence-corrected chi connectivity index (χ2v) is 6.75. The maximum absolute atomic E-state index is 12.8. The van der Waals surface area contributed by atoms with Gasteiger partial charge < -0.3 is 20.7 Å². The predicted molar refractivity (Wildman–Crippen MR) is 110 cm³/mol. The summed E-state index contributed by atoms with van der Waals surface area (Å²) in [5.41, 5.74) is -0.432. The molecule has 0 saturated heterocycles. The van der Waals surface area contributed by atoms with Crippen LogP contribution in [0.25, 0.3) is 0 Å². The van der Waals surface area contributed by atoms with Crippen LogP contribution in [0.1, 0.15) is 5.56 Å². The number of halogens is 4. The molecule has 3 N–H and O–H groups in total. The molecule has 0 atom stereocenters. The van der Waals surface area contributed by atoms with Crippen LogP contribution in [-0.4, -0.2) is 23.0 Å². The molecule has 1 aromatic heterocycles. The third-order valence-corrected chi connectivity index (χ3v) is 4.37. The second kappa shape index (κ2) is 8.99. The highest BCUT2D eigenvalue weighted by Crippen LogP contribution is 2.32. The largest absolute Gasteiger partial charge is 0.438 e. The Morgan fingerprint density at radius 1 is 1.03 bits per heavy atom. The minimum absolute atomic E-state index is 0.0189. The van der Waals surface area contributed by atoms with E-state index in [2.05, 4.69) is 41.8 Å². The zero-order chi connectivity index (χ0) is 21.7. The molecule has 1 heterocycles. The lowest BCUT2D eigenvalue weighted by atomic mass is 10.2. The summed E-state index contributed by atoms with van der Waals surface area (Å²) >= 11 is 3.35. The Kier molecular flexibility index (Phi) is 6.40. The lowest BCUT2D eigenvalue weighted by Gasteiger charge is -2.12. The highest BCUT2D eigenvalue weighted by atomic mass is 79.9. The summed E-state index contributed by atoms with van der Waals surface area (Å²) < 4.78 is 44.5. The lowest BCUT2D eigenvalue weighted by Crippen LogP contribution is -2.19. The number of nitrogens with one attached hydrogen (secondary N) is 3. The molecule has 11 heteroatoms. The standard InChI is InChI=1S/C19H15BrF3N5O2/c1-24-16-9-17(26-10-25-16)30-15-6-5-13(8-14(15)20)28-18(29)27-12-4-2-3-11(7-12)19(21,22)23/h2-10H,1H3,(H,24,25,26)(H2,27,28,29). The zero-order valence-corrected chi connectivity index (χ0v) is 17.0. The Morgan fingerprint density at radius 2 is 1.77 bits per heavy atom. The van der Waals surface area contributed by atoms with E-state index in [1.54, 1.807) is 31.3 Å². The summed E-state index contributed by atoms with van der Waals surface area (Å²) in [7, 11) is 1.72. The fourth-order valence-corrected chi connectivity index (χ4v) is 2.83. The summed E-state index contributed by atoms with van der Waals surface area (Å²) in [4.78, 5) is 20.1. The van der Waals surface area contributed by atoms with E-state index in [0.717, 1.165) is 12.1 Å². The SMILES string of the molecule is CNc1cc(Oc2ccc(NC(=O)Nc3cccc(C(F)(F)F)c3)cc2Br)ncn1. The number of aromatic nitrogens is 2. The highest BCUT2D eigenvalue weighted by Gasteiger charge is 2.30. The van der Waals surface area contributed by atoms with Crippen molar-refractivity contribution in [3.63, 3.8) is 0 Å². The smallest absolute Gasteiger partial charge is 0.416 e. The van der Waals surface area contributed by atoms with Gasteiger partial charge in [0.2, 0.25) is 5.88 Å². The van der Waals surface area contributed by atoms with E-state index in [4.69, 9.17) is 4.74 Å². The van der Waals surface area contributed by atoms with Gasteiger partial charge in [-0.3, -0.25) is 0 Å². The number of hydrogen-bond donors (Lipinski definition) is 3. The van der Waals surface area contributed by atoms with Crippen molar-refractivity contribution < 1.29 is 22.7 Å².